The van der Waals surface area contributed by atoms with Gasteiger partial charge in [0.25, 0.3) is 11.8 Å². The topological polar surface area (TPSA) is 93.8 Å². The van der Waals surface area contributed by atoms with Crippen LogP contribution in [0.2, 0.25) is 0 Å². The molecule has 2 aromatic heterocycles. The Balaban J connectivity index is 1.68. The van der Waals surface area contributed by atoms with E-state index in [4.69, 9.17) is 0 Å². The maximum absolute atomic E-state index is 12.2. The van der Waals surface area contributed by atoms with E-state index in [1.807, 2.05) is 6.92 Å². The number of hydrogen-bond acceptors (Lipinski definition) is 4. The molecule has 0 saturated heterocycles. The van der Waals surface area contributed by atoms with Crippen LogP contribution < -0.4 is 10.6 Å². The lowest BCUT2D eigenvalue weighted by Crippen LogP contribution is -2.14. The number of nitrogens with zero attached hydrogens (tertiary/aromatic N) is 4. The van der Waals surface area contributed by atoms with Gasteiger partial charge in [0, 0.05) is 37.4 Å². The monoisotopic (exact) mass is 338 g/mol. The van der Waals surface area contributed by atoms with Gasteiger partial charge in [0.1, 0.15) is 0 Å². The molecule has 8 nitrogen and oxygen atoms in total. The van der Waals surface area contributed by atoms with E-state index in [2.05, 4.69) is 20.8 Å². The predicted molar refractivity (Wildman–Crippen MR) is 93.5 cm³/mol. The Bertz CT molecular complexity index is 911. The van der Waals surface area contributed by atoms with Gasteiger partial charge in [-0.1, -0.05) is 6.07 Å². The van der Waals surface area contributed by atoms with E-state index >= 15 is 0 Å². The summed E-state index contributed by atoms with van der Waals surface area (Å²) in [4.78, 5) is 24.4. The second kappa shape index (κ2) is 7.00. The Kier molecular flexibility index (Phi) is 4.60. The molecular formula is C17H18N6O2. The fraction of sp³-hybridized carbons (Fsp3) is 0.176. The van der Waals surface area contributed by atoms with Crippen molar-refractivity contribution in [3.63, 3.8) is 0 Å². The number of nitrogens with one attached hydrogen (secondary N) is 2. The van der Waals surface area contributed by atoms with Gasteiger partial charge in [0.15, 0.2) is 5.69 Å². The SMILES string of the molecule is CCn1cc(C(=O)Nc2cccc(NC(=O)c3ccn(C)n3)c2)cn1. The number of aromatic nitrogens is 4. The Hall–Kier alpha value is -3.42. The van der Waals surface area contributed by atoms with Crippen LogP contribution in [0.15, 0.2) is 48.9 Å². The molecule has 0 aliphatic rings. The van der Waals surface area contributed by atoms with Crippen LogP contribution in [0.5, 0.6) is 0 Å². The average molecular weight is 338 g/mol. The van der Waals surface area contributed by atoms with E-state index in [9.17, 15) is 9.59 Å². The molecule has 0 aliphatic carbocycles. The summed E-state index contributed by atoms with van der Waals surface area (Å²) in [7, 11) is 1.74. The smallest absolute Gasteiger partial charge is 0.276 e. The van der Waals surface area contributed by atoms with Crippen LogP contribution in [0.1, 0.15) is 27.8 Å². The molecule has 0 fully saturated rings. The highest BCUT2D eigenvalue weighted by Gasteiger charge is 2.11. The Labute approximate surface area is 144 Å². The molecule has 3 aromatic rings. The number of amides is 2. The van der Waals surface area contributed by atoms with Gasteiger partial charge in [-0.05, 0) is 31.2 Å². The van der Waals surface area contributed by atoms with Gasteiger partial charge in [-0.3, -0.25) is 19.0 Å². The standard InChI is InChI=1S/C17H18N6O2/c1-3-23-11-12(10-18-23)16(24)19-13-5-4-6-14(9-13)20-17(25)15-7-8-22(2)21-15/h4-11H,3H2,1-2H3,(H,19,24)(H,20,25). The number of rotatable bonds is 5. The Morgan fingerprint density at radius 3 is 2.44 bits per heavy atom. The lowest BCUT2D eigenvalue weighted by molar-refractivity contribution is 0.101. The molecule has 2 N–H and O–H groups in total. The lowest BCUT2D eigenvalue weighted by atomic mass is 10.2. The first-order valence-corrected chi connectivity index (χ1v) is 7.80. The molecule has 0 atom stereocenters. The molecule has 2 heterocycles. The number of hydrogen-bond donors (Lipinski definition) is 2. The molecule has 0 unspecified atom stereocenters. The molecule has 0 aliphatic heterocycles. The van der Waals surface area contributed by atoms with E-state index in [-0.39, 0.29) is 11.8 Å². The molecule has 0 bridgehead atoms. The number of carbonyl (C=O) groups is 2. The third-order valence-corrected chi connectivity index (χ3v) is 3.54. The average Bonchev–Trinajstić information content (AvgIpc) is 3.24. The highest BCUT2D eigenvalue weighted by molar-refractivity contribution is 6.05. The van der Waals surface area contributed by atoms with E-state index in [0.29, 0.717) is 29.2 Å². The first-order chi connectivity index (χ1) is 12.0. The maximum atomic E-state index is 12.2. The van der Waals surface area contributed by atoms with Crippen molar-refractivity contribution in [2.75, 3.05) is 10.6 Å². The molecule has 25 heavy (non-hydrogen) atoms. The first-order valence-electron chi connectivity index (χ1n) is 7.80. The third-order valence-electron chi connectivity index (χ3n) is 3.54. The van der Waals surface area contributed by atoms with E-state index in [1.54, 1.807) is 59.1 Å². The minimum Gasteiger partial charge on any atom is -0.322 e. The molecule has 3 rings (SSSR count). The van der Waals surface area contributed by atoms with Crippen molar-refractivity contribution < 1.29 is 9.59 Å². The van der Waals surface area contributed by atoms with Gasteiger partial charge in [-0.2, -0.15) is 10.2 Å². The van der Waals surface area contributed by atoms with E-state index in [1.165, 1.54) is 6.20 Å². The second-order valence-corrected chi connectivity index (χ2v) is 5.45. The summed E-state index contributed by atoms with van der Waals surface area (Å²) in [5.41, 5.74) is 1.94. The molecule has 8 heteroatoms. The van der Waals surface area contributed by atoms with Gasteiger partial charge in [0.05, 0.1) is 11.8 Å². The van der Waals surface area contributed by atoms with Crippen molar-refractivity contribution in [3.05, 3.63) is 60.2 Å². The summed E-state index contributed by atoms with van der Waals surface area (Å²) >= 11 is 0. The summed E-state index contributed by atoms with van der Waals surface area (Å²) in [6.07, 6.45) is 4.90. The zero-order valence-corrected chi connectivity index (χ0v) is 13.9. The highest BCUT2D eigenvalue weighted by Crippen LogP contribution is 2.17. The van der Waals surface area contributed by atoms with E-state index in [0.717, 1.165) is 0 Å². The summed E-state index contributed by atoms with van der Waals surface area (Å²) in [6, 6.07) is 8.55. The number of benzene rings is 1. The van der Waals surface area contributed by atoms with Crippen LogP contribution in [0.4, 0.5) is 11.4 Å². The Morgan fingerprint density at radius 1 is 1.12 bits per heavy atom. The van der Waals surface area contributed by atoms with Crippen LogP contribution in [0, 0.1) is 0 Å². The summed E-state index contributed by atoms with van der Waals surface area (Å²) in [5, 5.41) is 13.7. The largest absolute Gasteiger partial charge is 0.322 e. The van der Waals surface area contributed by atoms with Gasteiger partial charge in [-0.25, -0.2) is 0 Å². The van der Waals surface area contributed by atoms with Crippen molar-refractivity contribution in [3.8, 4) is 0 Å². The Morgan fingerprint density at radius 2 is 1.84 bits per heavy atom. The third kappa shape index (κ3) is 3.92. The number of anilines is 2. The molecule has 128 valence electrons. The van der Waals surface area contributed by atoms with Crippen LogP contribution in [-0.4, -0.2) is 31.4 Å². The lowest BCUT2D eigenvalue weighted by Gasteiger charge is -2.07. The fourth-order valence-electron chi connectivity index (χ4n) is 2.26. The van der Waals surface area contributed by atoms with Crippen LogP contribution >= 0.6 is 0 Å². The summed E-state index contributed by atoms with van der Waals surface area (Å²) < 4.78 is 3.24. The quantitative estimate of drug-likeness (QED) is 0.745. The second-order valence-electron chi connectivity index (χ2n) is 5.45. The van der Waals surface area contributed by atoms with Gasteiger partial charge >= 0.3 is 0 Å². The van der Waals surface area contributed by atoms with Crippen molar-refractivity contribution in [2.24, 2.45) is 7.05 Å². The molecule has 0 radical (unpaired) electrons. The van der Waals surface area contributed by atoms with Crippen molar-refractivity contribution in [1.82, 2.24) is 19.6 Å². The van der Waals surface area contributed by atoms with Crippen LogP contribution in [0.3, 0.4) is 0 Å². The number of aryl methyl sites for hydroxylation is 2. The van der Waals surface area contributed by atoms with E-state index < -0.39 is 0 Å². The van der Waals surface area contributed by atoms with Crippen molar-refractivity contribution in [1.29, 1.82) is 0 Å². The molecule has 0 saturated carbocycles. The van der Waals surface area contributed by atoms with Gasteiger partial charge in [0.2, 0.25) is 0 Å². The maximum Gasteiger partial charge on any atom is 0.276 e. The molecule has 1 aromatic carbocycles. The van der Waals surface area contributed by atoms with Gasteiger partial charge < -0.3 is 10.6 Å². The molecule has 0 spiro atoms. The number of carbonyl (C=O) groups excluding carboxylic acids is 2. The fourth-order valence-corrected chi connectivity index (χ4v) is 2.26. The zero-order valence-electron chi connectivity index (χ0n) is 13.9. The minimum atomic E-state index is -0.312. The minimum absolute atomic E-state index is 0.257. The van der Waals surface area contributed by atoms with Crippen molar-refractivity contribution in [2.45, 2.75) is 13.5 Å². The first kappa shape index (κ1) is 16.4. The summed E-state index contributed by atoms with van der Waals surface area (Å²) in [5.74, 6) is -0.568. The zero-order chi connectivity index (χ0) is 17.8. The normalized spacial score (nSPS) is 10.5. The highest BCUT2D eigenvalue weighted by atomic mass is 16.2. The van der Waals surface area contributed by atoms with Crippen LogP contribution in [0.25, 0.3) is 0 Å². The van der Waals surface area contributed by atoms with Gasteiger partial charge in [-0.15, -0.1) is 0 Å². The molecule has 2 amide bonds. The molecular weight excluding hydrogens is 320 g/mol. The summed E-state index contributed by atoms with van der Waals surface area (Å²) in [6.45, 7) is 2.64. The predicted octanol–water partition coefficient (Wildman–Crippen LogP) is 2.14. The van der Waals surface area contributed by atoms with Crippen molar-refractivity contribution >= 4 is 23.2 Å². The van der Waals surface area contributed by atoms with Crippen LogP contribution in [-0.2, 0) is 13.6 Å².